The van der Waals surface area contributed by atoms with Gasteiger partial charge in [-0.05, 0) is 75.5 Å². The van der Waals surface area contributed by atoms with E-state index in [4.69, 9.17) is 0 Å². The number of fused-ring (bicyclic) bond motifs is 1. The number of amides is 3. The fraction of sp³-hybridized carbons (Fsp3) is 0.344. The molecular weight excluding hydrogens is 502 g/mol. The minimum absolute atomic E-state index is 0.0993. The molecule has 0 radical (unpaired) electrons. The van der Waals surface area contributed by atoms with Crippen molar-refractivity contribution in [1.29, 1.82) is 0 Å². The molecule has 40 heavy (non-hydrogen) atoms. The molecule has 8 nitrogen and oxygen atoms in total. The van der Waals surface area contributed by atoms with Crippen molar-refractivity contribution in [2.75, 3.05) is 31.5 Å². The van der Waals surface area contributed by atoms with Crippen LogP contribution in [0.3, 0.4) is 0 Å². The van der Waals surface area contributed by atoms with Crippen LogP contribution in [0.1, 0.15) is 81.0 Å². The first-order valence-corrected chi connectivity index (χ1v) is 14.1. The molecule has 0 aliphatic carbocycles. The molecule has 3 heterocycles. The number of aryl methyl sites for hydroxylation is 1. The molecule has 5 rings (SSSR count). The van der Waals surface area contributed by atoms with Crippen molar-refractivity contribution < 1.29 is 14.4 Å². The van der Waals surface area contributed by atoms with Crippen LogP contribution in [0.25, 0.3) is 11.6 Å². The van der Waals surface area contributed by atoms with Crippen LogP contribution >= 0.6 is 0 Å². The highest BCUT2D eigenvalue weighted by atomic mass is 16.2. The molecule has 1 saturated heterocycles. The molecule has 1 fully saturated rings. The van der Waals surface area contributed by atoms with Gasteiger partial charge in [0.2, 0.25) is 0 Å². The Labute approximate surface area is 235 Å². The summed E-state index contributed by atoms with van der Waals surface area (Å²) in [5.41, 5.74) is 6.23. The number of nitrogens with one attached hydrogen (secondary N) is 4. The number of H-pyrrole nitrogens is 1. The van der Waals surface area contributed by atoms with Crippen molar-refractivity contribution >= 4 is 35.1 Å². The number of hydrogen-bond donors (Lipinski definition) is 4. The van der Waals surface area contributed by atoms with Crippen LogP contribution in [0, 0.1) is 13.8 Å². The number of carbonyl (C=O) groups excluding carboxylic acids is 3. The third-order valence-corrected chi connectivity index (χ3v) is 7.88. The Balaban J connectivity index is 1.31. The summed E-state index contributed by atoms with van der Waals surface area (Å²) in [6, 6.07) is 15.0. The molecule has 3 aromatic rings. The highest BCUT2D eigenvalue weighted by molar-refractivity contribution is 6.35. The Morgan fingerprint density at radius 1 is 1.05 bits per heavy atom. The van der Waals surface area contributed by atoms with Gasteiger partial charge in [-0.25, -0.2) is 0 Å². The maximum atomic E-state index is 13.1. The van der Waals surface area contributed by atoms with Gasteiger partial charge >= 0.3 is 0 Å². The molecule has 1 unspecified atom stereocenters. The van der Waals surface area contributed by atoms with E-state index in [-0.39, 0.29) is 23.8 Å². The molecule has 2 aromatic carbocycles. The molecule has 8 heteroatoms. The van der Waals surface area contributed by atoms with Gasteiger partial charge in [0.1, 0.15) is 0 Å². The van der Waals surface area contributed by atoms with Crippen molar-refractivity contribution in [2.24, 2.45) is 0 Å². The fourth-order valence-electron chi connectivity index (χ4n) is 5.65. The van der Waals surface area contributed by atoms with Crippen LogP contribution in [0.4, 0.5) is 5.69 Å². The number of rotatable bonds is 9. The van der Waals surface area contributed by atoms with Crippen LogP contribution in [0.5, 0.6) is 0 Å². The monoisotopic (exact) mass is 539 g/mol. The van der Waals surface area contributed by atoms with Gasteiger partial charge in [0.15, 0.2) is 0 Å². The number of aromatic nitrogens is 1. The smallest absolute Gasteiger partial charge is 0.256 e. The molecule has 0 saturated carbocycles. The lowest BCUT2D eigenvalue weighted by Crippen LogP contribution is -2.33. The van der Waals surface area contributed by atoms with Crippen LogP contribution in [0.15, 0.2) is 48.5 Å². The van der Waals surface area contributed by atoms with Crippen molar-refractivity contribution in [3.8, 4) is 0 Å². The van der Waals surface area contributed by atoms with Crippen LogP contribution < -0.4 is 16.0 Å². The van der Waals surface area contributed by atoms with E-state index in [0.717, 1.165) is 54.1 Å². The summed E-state index contributed by atoms with van der Waals surface area (Å²) < 4.78 is 0. The lowest BCUT2D eigenvalue weighted by molar-refractivity contribution is -0.110. The average molecular weight is 540 g/mol. The summed E-state index contributed by atoms with van der Waals surface area (Å²) in [6.07, 6.45) is 4.99. The zero-order valence-electron chi connectivity index (χ0n) is 23.4. The largest absolute Gasteiger partial charge is 0.358 e. The van der Waals surface area contributed by atoms with Gasteiger partial charge in [0.25, 0.3) is 17.7 Å². The second kappa shape index (κ2) is 11.9. The summed E-state index contributed by atoms with van der Waals surface area (Å²) in [6.45, 7) is 9.45. The molecule has 2 aliphatic rings. The second-order valence-electron chi connectivity index (χ2n) is 10.6. The number of nitrogens with zero attached hydrogens (tertiary/aromatic N) is 1. The number of hydrogen-bond acceptors (Lipinski definition) is 4. The van der Waals surface area contributed by atoms with E-state index in [2.05, 4.69) is 25.8 Å². The van der Waals surface area contributed by atoms with E-state index in [1.807, 2.05) is 51.1 Å². The number of anilines is 1. The van der Waals surface area contributed by atoms with Crippen molar-refractivity contribution in [1.82, 2.24) is 20.5 Å². The molecule has 0 spiro atoms. The van der Waals surface area contributed by atoms with Gasteiger partial charge in [0, 0.05) is 41.3 Å². The molecule has 2 aliphatic heterocycles. The van der Waals surface area contributed by atoms with Crippen molar-refractivity contribution in [2.45, 2.75) is 46.1 Å². The molecule has 3 amide bonds. The predicted molar refractivity (Wildman–Crippen MR) is 158 cm³/mol. The molecule has 1 atom stereocenters. The third-order valence-electron chi connectivity index (χ3n) is 7.88. The Morgan fingerprint density at radius 2 is 1.80 bits per heavy atom. The quantitative estimate of drug-likeness (QED) is 0.292. The highest BCUT2D eigenvalue weighted by Crippen LogP contribution is 2.35. The van der Waals surface area contributed by atoms with Crippen LogP contribution in [-0.4, -0.2) is 53.8 Å². The summed E-state index contributed by atoms with van der Waals surface area (Å²) in [4.78, 5) is 44.6. The Kier molecular flexibility index (Phi) is 8.16. The van der Waals surface area contributed by atoms with Gasteiger partial charge in [0.05, 0.1) is 17.2 Å². The molecular formula is C32H37N5O3. The van der Waals surface area contributed by atoms with Gasteiger partial charge in [-0.15, -0.1) is 0 Å². The summed E-state index contributed by atoms with van der Waals surface area (Å²) in [7, 11) is 0. The van der Waals surface area contributed by atoms with Gasteiger partial charge in [-0.3, -0.25) is 14.4 Å². The zero-order chi connectivity index (χ0) is 28.2. The minimum Gasteiger partial charge on any atom is -0.358 e. The van der Waals surface area contributed by atoms with Gasteiger partial charge in [-0.1, -0.05) is 43.3 Å². The molecule has 4 N–H and O–H groups in total. The predicted octanol–water partition coefficient (Wildman–Crippen LogP) is 4.83. The van der Waals surface area contributed by atoms with Crippen LogP contribution in [0.2, 0.25) is 0 Å². The van der Waals surface area contributed by atoms with Gasteiger partial charge in [-0.2, -0.15) is 0 Å². The zero-order valence-corrected chi connectivity index (χ0v) is 23.4. The van der Waals surface area contributed by atoms with Gasteiger partial charge < -0.3 is 25.8 Å². The van der Waals surface area contributed by atoms with E-state index in [1.54, 1.807) is 24.3 Å². The fourth-order valence-corrected chi connectivity index (χ4v) is 5.65. The van der Waals surface area contributed by atoms with Crippen molar-refractivity contribution in [3.05, 3.63) is 87.7 Å². The number of likely N-dealkylation sites (tertiary alicyclic amines) is 1. The molecule has 1 aromatic heterocycles. The second-order valence-corrected chi connectivity index (χ2v) is 10.6. The molecule has 208 valence electrons. The topological polar surface area (TPSA) is 106 Å². The standard InChI is InChI=1S/C32H37N5O3/c1-4-26(22-10-6-5-7-11-22)35-30(38)23-12-13-24-25(31(39)36-28(24)18-23)19-27-20(2)29(21(3)34-27)32(40)33-14-17-37-15-8-9-16-37/h5-7,10-13,18-19,26,34H,4,8-9,14-17H2,1-3H3,(H,33,40)(H,35,38)(H,36,39)/b25-19-. The van der Waals surface area contributed by atoms with E-state index in [0.29, 0.717) is 28.9 Å². The lowest BCUT2D eigenvalue weighted by Gasteiger charge is -2.17. The van der Waals surface area contributed by atoms with E-state index < -0.39 is 0 Å². The lowest BCUT2D eigenvalue weighted by atomic mass is 10.0. The Morgan fingerprint density at radius 3 is 2.52 bits per heavy atom. The first kappa shape index (κ1) is 27.4. The summed E-state index contributed by atoms with van der Waals surface area (Å²) in [5.74, 6) is -0.545. The highest BCUT2D eigenvalue weighted by Gasteiger charge is 2.27. The maximum Gasteiger partial charge on any atom is 0.256 e. The number of aromatic amines is 1. The Hall–Kier alpha value is -4.17. The Bertz CT molecular complexity index is 1450. The minimum atomic E-state index is -0.244. The summed E-state index contributed by atoms with van der Waals surface area (Å²) in [5, 5.41) is 9.04. The van der Waals surface area contributed by atoms with E-state index >= 15 is 0 Å². The summed E-state index contributed by atoms with van der Waals surface area (Å²) >= 11 is 0. The van der Waals surface area contributed by atoms with Crippen LogP contribution in [-0.2, 0) is 4.79 Å². The van der Waals surface area contributed by atoms with E-state index in [1.165, 1.54) is 12.8 Å². The van der Waals surface area contributed by atoms with E-state index in [9.17, 15) is 14.4 Å². The average Bonchev–Trinajstić information content (AvgIpc) is 3.65. The maximum absolute atomic E-state index is 13.1. The normalized spacial score (nSPS) is 16.6. The first-order valence-electron chi connectivity index (χ1n) is 14.1. The SMILES string of the molecule is CCC(NC(=O)c1ccc2c(c1)NC(=O)/C2=C\c1[nH]c(C)c(C(=O)NCCN2CCCC2)c1C)c1ccccc1. The third kappa shape index (κ3) is 5.72. The number of benzene rings is 2. The number of carbonyl (C=O) groups is 3. The molecule has 0 bridgehead atoms. The van der Waals surface area contributed by atoms with Crippen molar-refractivity contribution in [3.63, 3.8) is 0 Å². The first-order chi connectivity index (χ1) is 19.4.